The molecule has 8 heteroatoms. The number of hydroxylamine groups is 1. The molecular weight excluding hydrogens is 402 g/mol. The third kappa shape index (κ3) is 5.55. The summed E-state index contributed by atoms with van der Waals surface area (Å²) >= 11 is 0. The Morgan fingerprint density at radius 3 is 2.52 bits per heavy atom. The summed E-state index contributed by atoms with van der Waals surface area (Å²) in [5.74, 6) is 0.491. The third-order valence-electron chi connectivity index (χ3n) is 4.92. The van der Waals surface area contributed by atoms with E-state index in [0.717, 1.165) is 19.3 Å². The first-order valence-corrected chi connectivity index (χ1v) is 10.0. The number of benzene rings is 2. The quantitative estimate of drug-likeness (QED) is 0.254. The number of hydrogen-bond donors (Lipinski definition) is 3. The monoisotopic (exact) mass is 427 g/mol. The van der Waals surface area contributed by atoms with Crippen molar-refractivity contribution in [1.29, 1.82) is 0 Å². The van der Waals surface area contributed by atoms with Gasteiger partial charge in [0.1, 0.15) is 34.5 Å². The number of ether oxygens (including phenoxy) is 2. The minimum Gasteiger partial charge on any atom is -0.507 e. The van der Waals surface area contributed by atoms with E-state index in [1.165, 1.54) is 12.3 Å². The Kier molecular flexibility index (Phi) is 7.50. The van der Waals surface area contributed by atoms with Crippen molar-refractivity contribution in [2.75, 3.05) is 13.7 Å². The van der Waals surface area contributed by atoms with Crippen molar-refractivity contribution in [3.63, 3.8) is 0 Å². The molecule has 164 valence electrons. The van der Waals surface area contributed by atoms with E-state index < -0.39 is 0 Å². The molecule has 0 unspecified atom stereocenters. The maximum Gasteiger partial charge on any atom is 0.243 e. The number of unbranched alkanes of at least 4 members (excludes halogenated alkanes) is 3. The van der Waals surface area contributed by atoms with Crippen LogP contribution in [0.4, 0.5) is 0 Å². The number of phenolic OH excluding ortho intramolecular Hbond substituents is 1. The number of carbonyl (C=O) groups is 1. The van der Waals surface area contributed by atoms with Gasteiger partial charge in [-0.15, -0.1) is 0 Å². The molecule has 0 radical (unpaired) electrons. The predicted octanol–water partition coefficient (Wildman–Crippen LogP) is 4.01. The second kappa shape index (κ2) is 10.5. The molecule has 0 spiro atoms. The molecule has 0 saturated carbocycles. The molecule has 0 aliphatic rings. The summed E-state index contributed by atoms with van der Waals surface area (Å²) in [6.45, 7) is 0.422. The predicted molar refractivity (Wildman–Crippen MR) is 115 cm³/mol. The highest BCUT2D eigenvalue weighted by Crippen LogP contribution is 2.30. The molecule has 3 rings (SSSR count). The topological polar surface area (TPSA) is 118 Å². The highest BCUT2D eigenvalue weighted by Gasteiger charge is 2.14. The Bertz CT molecular complexity index is 1090. The van der Waals surface area contributed by atoms with Crippen molar-refractivity contribution in [3.05, 3.63) is 52.9 Å². The lowest BCUT2D eigenvalue weighted by Crippen LogP contribution is -2.17. The SMILES string of the molecule is COc1ccc(-c2coc3cc(OCCCCCCC(=O)NO)cc(O)c3c2=O)cc1. The van der Waals surface area contributed by atoms with Crippen LogP contribution in [0.25, 0.3) is 22.1 Å². The smallest absolute Gasteiger partial charge is 0.243 e. The van der Waals surface area contributed by atoms with Crippen LogP contribution in [0.15, 0.2) is 51.9 Å². The van der Waals surface area contributed by atoms with Gasteiger partial charge in [-0.3, -0.25) is 14.8 Å². The Balaban J connectivity index is 1.65. The molecule has 0 aliphatic carbocycles. The molecule has 0 atom stereocenters. The largest absolute Gasteiger partial charge is 0.507 e. The number of rotatable bonds is 10. The summed E-state index contributed by atoms with van der Waals surface area (Å²) in [5.41, 5.74) is 2.52. The van der Waals surface area contributed by atoms with Crippen LogP contribution in [-0.2, 0) is 4.79 Å². The van der Waals surface area contributed by atoms with Gasteiger partial charge in [0.05, 0.1) is 19.3 Å². The molecule has 3 N–H and O–H groups in total. The van der Waals surface area contributed by atoms with Crippen LogP contribution in [0, 0.1) is 0 Å². The molecule has 31 heavy (non-hydrogen) atoms. The molecule has 1 aromatic heterocycles. The number of hydrogen-bond acceptors (Lipinski definition) is 7. The Morgan fingerprint density at radius 2 is 1.81 bits per heavy atom. The van der Waals surface area contributed by atoms with E-state index in [2.05, 4.69) is 0 Å². The minimum absolute atomic E-state index is 0.0998. The van der Waals surface area contributed by atoms with E-state index in [1.807, 2.05) is 0 Å². The zero-order chi connectivity index (χ0) is 22.2. The van der Waals surface area contributed by atoms with Gasteiger partial charge in [0, 0.05) is 18.6 Å². The van der Waals surface area contributed by atoms with Crippen LogP contribution in [0.3, 0.4) is 0 Å². The highest BCUT2D eigenvalue weighted by atomic mass is 16.5. The average Bonchev–Trinajstić information content (AvgIpc) is 2.78. The van der Waals surface area contributed by atoms with Crippen LogP contribution < -0.4 is 20.4 Å². The van der Waals surface area contributed by atoms with Gasteiger partial charge in [0.15, 0.2) is 0 Å². The molecule has 0 aliphatic heterocycles. The lowest BCUT2D eigenvalue weighted by molar-refractivity contribution is -0.129. The minimum atomic E-state index is -0.389. The van der Waals surface area contributed by atoms with Crippen LogP contribution >= 0.6 is 0 Å². The third-order valence-corrected chi connectivity index (χ3v) is 4.92. The summed E-state index contributed by atoms with van der Waals surface area (Å²) in [6.07, 6.45) is 4.80. The molecule has 2 aromatic carbocycles. The standard InChI is InChI=1S/C23H25NO7/c1-29-16-9-7-15(8-10-16)18-14-31-20-13-17(12-19(25)22(20)23(18)27)30-11-5-3-2-4-6-21(26)24-28/h7-10,12-14,25,28H,2-6,11H2,1H3,(H,24,26). The van der Waals surface area contributed by atoms with Crippen molar-refractivity contribution in [3.8, 4) is 28.4 Å². The van der Waals surface area contributed by atoms with Gasteiger partial charge in [-0.25, -0.2) is 5.48 Å². The molecule has 0 bridgehead atoms. The number of amides is 1. The first-order valence-electron chi connectivity index (χ1n) is 10.0. The molecule has 8 nitrogen and oxygen atoms in total. The van der Waals surface area contributed by atoms with Gasteiger partial charge in [0.25, 0.3) is 0 Å². The van der Waals surface area contributed by atoms with Crippen LogP contribution in [0.2, 0.25) is 0 Å². The zero-order valence-electron chi connectivity index (χ0n) is 17.2. The Hall–Kier alpha value is -3.52. The van der Waals surface area contributed by atoms with E-state index in [4.69, 9.17) is 19.1 Å². The molecule has 1 heterocycles. The molecule has 0 fully saturated rings. The van der Waals surface area contributed by atoms with Gasteiger partial charge in [0.2, 0.25) is 11.3 Å². The van der Waals surface area contributed by atoms with Gasteiger partial charge in [-0.1, -0.05) is 25.0 Å². The van der Waals surface area contributed by atoms with Crippen molar-refractivity contribution in [2.45, 2.75) is 32.1 Å². The summed E-state index contributed by atoms with van der Waals surface area (Å²) < 4.78 is 16.4. The molecule has 1 amide bonds. The maximum atomic E-state index is 12.9. The van der Waals surface area contributed by atoms with Gasteiger partial charge >= 0.3 is 0 Å². The second-order valence-electron chi connectivity index (χ2n) is 7.07. The zero-order valence-corrected chi connectivity index (χ0v) is 17.2. The number of methoxy groups -OCH3 is 1. The summed E-state index contributed by atoms with van der Waals surface area (Å²) in [6, 6.07) is 9.99. The fourth-order valence-electron chi connectivity index (χ4n) is 3.25. The normalized spacial score (nSPS) is 10.8. The number of carbonyl (C=O) groups excluding carboxylic acids is 1. The molecular formula is C23H25NO7. The fourth-order valence-corrected chi connectivity index (χ4v) is 3.25. The van der Waals surface area contributed by atoms with E-state index in [1.54, 1.807) is 42.9 Å². The highest BCUT2D eigenvalue weighted by molar-refractivity contribution is 5.88. The van der Waals surface area contributed by atoms with E-state index in [9.17, 15) is 14.7 Å². The second-order valence-corrected chi connectivity index (χ2v) is 7.07. The lowest BCUT2D eigenvalue weighted by atomic mass is 10.0. The van der Waals surface area contributed by atoms with Crippen LogP contribution in [0.1, 0.15) is 32.1 Å². The first-order chi connectivity index (χ1) is 15.0. The summed E-state index contributed by atoms with van der Waals surface area (Å²) in [5, 5.41) is 19.0. The van der Waals surface area contributed by atoms with E-state index in [-0.39, 0.29) is 34.5 Å². The number of nitrogens with one attached hydrogen (secondary N) is 1. The van der Waals surface area contributed by atoms with Crippen LogP contribution in [-0.4, -0.2) is 29.9 Å². The van der Waals surface area contributed by atoms with E-state index in [0.29, 0.717) is 35.7 Å². The van der Waals surface area contributed by atoms with Crippen molar-refractivity contribution < 1.29 is 29.0 Å². The number of fused-ring (bicyclic) bond motifs is 1. The lowest BCUT2D eigenvalue weighted by Gasteiger charge is -2.09. The molecule has 3 aromatic rings. The molecule has 0 saturated heterocycles. The number of aromatic hydroxyl groups is 1. The van der Waals surface area contributed by atoms with Gasteiger partial charge in [-0.2, -0.15) is 0 Å². The average molecular weight is 427 g/mol. The number of phenols is 1. The Labute approximate surface area is 179 Å². The summed E-state index contributed by atoms with van der Waals surface area (Å²) in [4.78, 5) is 23.8. The fraction of sp³-hybridized carbons (Fsp3) is 0.304. The van der Waals surface area contributed by atoms with Crippen molar-refractivity contribution in [2.24, 2.45) is 0 Å². The first kappa shape index (κ1) is 22.2. The Morgan fingerprint density at radius 1 is 1.06 bits per heavy atom. The van der Waals surface area contributed by atoms with Crippen molar-refractivity contribution in [1.82, 2.24) is 5.48 Å². The van der Waals surface area contributed by atoms with Crippen LogP contribution in [0.5, 0.6) is 17.2 Å². The van der Waals surface area contributed by atoms with Gasteiger partial charge < -0.3 is 19.0 Å². The van der Waals surface area contributed by atoms with Crippen molar-refractivity contribution >= 4 is 16.9 Å². The van der Waals surface area contributed by atoms with E-state index >= 15 is 0 Å². The van der Waals surface area contributed by atoms with Gasteiger partial charge in [-0.05, 0) is 30.5 Å². The maximum absolute atomic E-state index is 12.9. The summed E-state index contributed by atoms with van der Waals surface area (Å²) in [7, 11) is 1.57.